The number of hydrogen-bond acceptors (Lipinski definition) is 9. The topological polar surface area (TPSA) is 157 Å². The summed E-state index contributed by atoms with van der Waals surface area (Å²) in [5.74, 6) is -2.73. The monoisotopic (exact) mass is 463 g/mol. The van der Waals surface area contributed by atoms with Gasteiger partial charge in [-0.15, -0.1) is 11.8 Å². The van der Waals surface area contributed by atoms with Gasteiger partial charge in [0.25, 0.3) is 10.2 Å². The Hall–Kier alpha value is -1.67. The van der Waals surface area contributed by atoms with Crippen LogP contribution in [-0.2, 0) is 34.1 Å². The van der Waals surface area contributed by atoms with Crippen LogP contribution in [0.2, 0.25) is 0 Å². The van der Waals surface area contributed by atoms with Crippen molar-refractivity contribution in [1.82, 2.24) is 9.21 Å². The van der Waals surface area contributed by atoms with Crippen LogP contribution in [0.5, 0.6) is 0 Å². The number of nitrogens with two attached hydrogens (primary N) is 1. The predicted molar refractivity (Wildman–Crippen MR) is 105 cm³/mol. The molecule has 11 nitrogen and oxygen atoms in total. The molecule has 3 aliphatic rings. The summed E-state index contributed by atoms with van der Waals surface area (Å²) in [4.78, 5) is 38.5. The number of aliphatic hydroxyl groups is 1. The molecule has 3 N–H and O–H groups in total. The van der Waals surface area contributed by atoms with Crippen molar-refractivity contribution in [2.24, 2.45) is 17.0 Å². The van der Waals surface area contributed by atoms with E-state index in [9.17, 15) is 27.9 Å². The molecular formula is C17H25N3O8S2. The van der Waals surface area contributed by atoms with Crippen LogP contribution in [0.4, 0.5) is 0 Å². The lowest BCUT2D eigenvalue weighted by atomic mass is 9.79. The number of amides is 1. The quantitative estimate of drug-likeness (QED) is 0.278. The summed E-state index contributed by atoms with van der Waals surface area (Å²) in [7, 11) is -3.78. The zero-order valence-electron chi connectivity index (χ0n) is 17.0. The number of β-lactam (4-membered cyclic amide) rings is 1. The molecule has 0 spiro atoms. The van der Waals surface area contributed by atoms with Crippen LogP contribution in [0.1, 0.15) is 27.7 Å². The van der Waals surface area contributed by atoms with E-state index < -0.39 is 46.5 Å². The van der Waals surface area contributed by atoms with Crippen molar-refractivity contribution in [1.29, 1.82) is 0 Å². The number of ether oxygens (including phenoxy) is 2. The molecule has 2 saturated heterocycles. The van der Waals surface area contributed by atoms with E-state index in [0.29, 0.717) is 4.91 Å². The number of fused-ring (bicyclic) bond motifs is 1. The van der Waals surface area contributed by atoms with Gasteiger partial charge in [0.15, 0.2) is 0 Å². The van der Waals surface area contributed by atoms with Crippen LogP contribution in [-0.4, -0.2) is 77.4 Å². The summed E-state index contributed by atoms with van der Waals surface area (Å²) < 4.78 is 33.9. The van der Waals surface area contributed by atoms with Gasteiger partial charge in [-0.25, -0.2) is 9.93 Å². The summed E-state index contributed by atoms with van der Waals surface area (Å²) in [5.41, 5.74) is 0.0486. The maximum Gasteiger partial charge on any atom is 0.358 e. The normalized spacial score (nSPS) is 29.1. The molecule has 0 aromatic heterocycles. The first-order chi connectivity index (χ1) is 13.8. The zero-order chi connectivity index (χ0) is 22.5. The SMILES string of the molecule is CC(=O)OC(C)OC(=O)C1=C(SC2CN(S(N)(=O)=O)C2)[C@H](C)[C@@H]2[C@@H]([C@@H](C)O)C(=O)N12. The summed E-state index contributed by atoms with van der Waals surface area (Å²) in [6, 6.07) is -0.402. The first kappa shape index (κ1) is 23.0. The van der Waals surface area contributed by atoms with Crippen LogP contribution < -0.4 is 5.14 Å². The molecule has 5 atom stereocenters. The number of carbonyl (C=O) groups excluding carboxylic acids is 3. The first-order valence-electron chi connectivity index (χ1n) is 9.41. The Balaban J connectivity index is 1.83. The van der Waals surface area contributed by atoms with E-state index in [4.69, 9.17) is 14.6 Å². The van der Waals surface area contributed by atoms with Crippen LogP contribution in [0, 0.1) is 11.8 Å². The first-order valence-corrected chi connectivity index (χ1v) is 11.8. The smallest absolute Gasteiger partial charge is 0.358 e. The van der Waals surface area contributed by atoms with E-state index in [2.05, 4.69) is 0 Å². The fraction of sp³-hybridized carbons (Fsp3) is 0.706. The summed E-state index contributed by atoms with van der Waals surface area (Å²) in [6.07, 6.45) is -2.03. The lowest BCUT2D eigenvalue weighted by Crippen LogP contribution is -2.63. The van der Waals surface area contributed by atoms with Crippen LogP contribution in [0.15, 0.2) is 10.6 Å². The Morgan fingerprint density at radius 2 is 1.87 bits per heavy atom. The van der Waals surface area contributed by atoms with Gasteiger partial charge in [0.2, 0.25) is 12.2 Å². The minimum Gasteiger partial charge on any atom is -0.426 e. The highest BCUT2D eigenvalue weighted by atomic mass is 32.2. The number of esters is 2. The number of rotatable bonds is 7. The highest BCUT2D eigenvalue weighted by molar-refractivity contribution is 8.04. The average Bonchev–Trinajstić information content (AvgIpc) is 2.77. The Morgan fingerprint density at radius 3 is 2.37 bits per heavy atom. The van der Waals surface area contributed by atoms with Crippen molar-refractivity contribution in [2.75, 3.05) is 13.1 Å². The molecule has 168 valence electrons. The van der Waals surface area contributed by atoms with Crippen molar-refractivity contribution < 1.29 is 37.4 Å². The second kappa shape index (κ2) is 8.11. The maximum atomic E-state index is 12.8. The van der Waals surface area contributed by atoms with Gasteiger partial charge in [-0.05, 0) is 6.92 Å². The van der Waals surface area contributed by atoms with Gasteiger partial charge in [0, 0.05) is 43.0 Å². The summed E-state index contributed by atoms with van der Waals surface area (Å²) >= 11 is 1.30. The van der Waals surface area contributed by atoms with Gasteiger partial charge in [0.1, 0.15) is 5.70 Å². The molecule has 3 rings (SSSR count). The molecule has 1 unspecified atom stereocenters. The van der Waals surface area contributed by atoms with Crippen molar-refractivity contribution in [2.45, 2.75) is 51.4 Å². The summed E-state index contributed by atoms with van der Waals surface area (Å²) in [6.45, 7) is 6.30. The standard InChI is InChI=1S/C17H25N3O8S2/c1-7-13-12(8(2)21)16(23)20(13)14(17(24)28-10(4)27-9(3)22)15(7)29-11-5-19(6-11)30(18,25)26/h7-8,10-13,21H,5-6H2,1-4H3,(H2,18,25,26)/t7-,8-,10?,12-,13-/m1/s1. The van der Waals surface area contributed by atoms with Gasteiger partial charge in [-0.3, -0.25) is 9.59 Å². The lowest BCUT2D eigenvalue weighted by molar-refractivity contribution is -0.184. The van der Waals surface area contributed by atoms with Crippen molar-refractivity contribution in [3.63, 3.8) is 0 Å². The minimum absolute atomic E-state index is 0.0486. The molecule has 3 aliphatic heterocycles. The number of thioether (sulfide) groups is 1. The maximum absolute atomic E-state index is 12.8. The van der Waals surface area contributed by atoms with Gasteiger partial charge in [-0.2, -0.15) is 12.7 Å². The summed E-state index contributed by atoms with van der Waals surface area (Å²) in [5, 5.41) is 15.0. The van der Waals surface area contributed by atoms with Crippen LogP contribution >= 0.6 is 11.8 Å². The van der Waals surface area contributed by atoms with E-state index in [1.165, 1.54) is 37.4 Å². The van der Waals surface area contributed by atoms with Crippen LogP contribution in [0.3, 0.4) is 0 Å². The Morgan fingerprint density at radius 1 is 1.27 bits per heavy atom. The Bertz CT molecular complexity index is 897. The zero-order valence-corrected chi connectivity index (χ0v) is 18.6. The molecule has 2 fully saturated rings. The van der Waals surface area contributed by atoms with Crippen molar-refractivity contribution in [3.05, 3.63) is 10.6 Å². The molecule has 0 bridgehead atoms. The molecule has 30 heavy (non-hydrogen) atoms. The molecule has 0 saturated carbocycles. The van der Waals surface area contributed by atoms with Gasteiger partial charge in [-0.1, -0.05) is 6.92 Å². The van der Waals surface area contributed by atoms with E-state index in [1.807, 2.05) is 6.92 Å². The van der Waals surface area contributed by atoms with E-state index in [0.717, 1.165) is 4.31 Å². The second-order valence-corrected chi connectivity index (χ2v) is 10.5. The van der Waals surface area contributed by atoms with E-state index in [-0.39, 0.29) is 35.9 Å². The molecule has 0 aromatic carbocycles. The third kappa shape index (κ3) is 4.08. The van der Waals surface area contributed by atoms with Gasteiger partial charge < -0.3 is 19.5 Å². The number of nitrogens with zero attached hydrogens (tertiary/aromatic N) is 2. The van der Waals surface area contributed by atoms with E-state index >= 15 is 0 Å². The van der Waals surface area contributed by atoms with Gasteiger partial charge >= 0.3 is 11.9 Å². The number of hydrogen-bond donors (Lipinski definition) is 2. The molecular weight excluding hydrogens is 438 g/mol. The second-order valence-electron chi connectivity index (χ2n) is 7.65. The molecule has 3 heterocycles. The highest BCUT2D eigenvalue weighted by Crippen LogP contribution is 2.52. The highest BCUT2D eigenvalue weighted by Gasteiger charge is 2.60. The minimum atomic E-state index is -3.78. The van der Waals surface area contributed by atoms with Gasteiger partial charge in [0.05, 0.1) is 18.1 Å². The van der Waals surface area contributed by atoms with Crippen LogP contribution in [0.25, 0.3) is 0 Å². The van der Waals surface area contributed by atoms with E-state index in [1.54, 1.807) is 0 Å². The fourth-order valence-corrected chi connectivity index (χ4v) is 6.48. The fourth-order valence-electron chi connectivity index (χ4n) is 4.00. The number of carbonyl (C=O) groups is 3. The molecule has 0 aromatic rings. The number of aliphatic hydroxyl groups excluding tert-OH is 1. The lowest BCUT2D eigenvalue weighted by Gasteiger charge is -2.46. The molecule has 1 amide bonds. The largest absolute Gasteiger partial charge is 0.426 e. The molecule has 0 aliphatic carbocycles. The Labute approximate surface area is 178 Å². The third-order valence-electron chi connectivity index (χ3n) is 5.37. The third-order valence-corrected chi connectivity index (χ3v) is 7.84. The predicted octanol–water partition coefficient (Wildman–Crippen LogP) is -0.871. The molecule has 0 radical (unpaired) electrons. The van der Waals surface area contributed by atoms with Crippen molar-refractivity contribution in [3.8, 4) is 0 Å². The molecule has 13 heteroatoms. The van der Waals surface area contributed by atoms with Crippen molar-refractivity contribution >= 4 is 39.8 Å². The Kier molecular flexibility index (Phi) is 6.22. The average molecular weight is 464 g/mol.